The average Bonchev–Trinajstić information content (AvgIpc) is 3.39. The number of halogens is 2. The number of nitrogens with one attached hydrogen (secondary N) is 1. The second-order valence-corrected chi connectivity index (χ2v) is 10.4. The molecule has 1 aliphatic carbocycles. The standard InChI is InChI=1S/C27H29F2N3O4/c1-14-8-17(6-7-18(14)28)32-19-9-15-12-30-31-23(15)22(29)21(19)20(24(32)26(2,3)13-35-4)16-10-27(11-16,36-5)25(33)34/h6-9,12,16H,10-11,13H2,1-5H3,(H,30,31)(H,33,34). The van der Waals surface area contributed by atoms with Crippen LogP contribution in [0.2, 0.25) is 0 Å². The first-order valence-electron chi connectivity index (χ1n) is 11.8. The molecule has 9 heteroatoms. The van der Waals surface area contributed by atoms with E-state index in [9.17, 15) is 14.3 Å². The Labute approximate surface area is 207 Å². The third-order valence-electron chi connectivity index (χ3n) is 7.53. The van der Waals surface area contributed by atoms with Crippen LogP contribution in [0.25, 0.3) is 27.5 Å². The summed E-state index contributed by atoms with van der Waals surface area (Å²) >= 11 is 0. The fourth-order valence-electron chi connectivity index (χ4n) is 5.73. The maximum absolute atomic E-state index is 16.2. The number of benzene rings is 2. The van der Waals surface area contributed by atoms with Gasteiger partial charge in [-0.25, -0.2) is 13.6 Å². The zero-order chi connectivity index (χ0) is 26.0. The SMILES string of the molecule is COCC(C)(C)c1c(C2CC(OC)(C(=O)O)C2)c2c(F)c3[nH]ncc3cc2n1-c1ccc(F)c(C)c1. The number of ether oxygens (including phenoxy) is 2. The van der Waals surface area contributed by atoms with Gasteiger partial charge in [0.05, 0.1) is 18.3 Å². The molecule has 5 rings (SSSR count). The van der Waals surface area contributed by atoms with Crippen LogP contribution in [0.3, 0.4) is 0 Å². The Bertz CT molecular complexity index is 1500. The molecule has 7 nitrogen and oxygen atoms in total. The summed E-state index contributed by atoms with van der Waals surface area (Å²) in [6.07, 6.45) is 1.97. The monoisotopic (exact) mass is 497 g/mol. The molecule has 0 spiro atoms. The molecule has 2 N–H and O–H groups in total. The molecule has 2 aromatic carbocycles. The summed E-state index contributed by atoms with van der Waals surface area (Å²) in [6, 6.07) is 6.68. The lowest BCUT2D eigenvalue weighted by molar-refractivity contribution is -0.175. The van der Waals surface area contributed by atoms with Crippen molar-refractivity contribution in [2.45, 2.75) is 50.5 Å². The van der Waals surface area contributed by atoms with E-state index < -0.39 is 22.8 Å². The lowest BCUT2D eigenvalue weighted by Gasteiger charge is -2.44. The highest BCUT2D eigenvalue weighted by atomic mass is 19.1. The van der Waals surface area contributed by atoms with Gasteiger partial charge in [0.25, 0.3) is 0 Å². The predicted octanol–water partition coefficient (Wildman–Crippen LogP) is 5.36. The van der Waals surface area contributed by atoms with Gasteiger partial charge in [0.2, 0.25) is 0 Å². The predicted molar refractivity (Wildman–Crippen MR) is 132 cm³/mol. The quantitative estimate of drug-likeness (QED) is 0.359. The minimum Gasteiger partial charge on any atom is -0.479 e. The van der Waals surface area contributed by atoms with Crippen molar-refractivity contribution in [3.05, 3.63) is 58.9 Å². The highest BCUT2D eigenvalue weighted by Crippen LogP contribution is 2.53. The van der Waals surface area contributed by atoms with E-state index in [1.165, 1.54) is 13.2 Å². The summed E-state index contributed by atoms with van der Waals surface area (Å²) in [5.41, 5.74) is 1.63. The summed E-state index contributed by atoms with van der Waals surface area (Å²) in [6.45, 7) is 6.03. The summed E-state index contributed by atoms with van der Waals surface area (Å²) in [5, 5.41) is 17.6. The van der Waals surface area contributed by atoms with Crippen molar-refractivity contribution in [1.29, 1.82) is 0 Å². The van der Waals surface area contributed by atoms with Crippen LogP contribution in [-0.2, 0) is 19.7 Å². The molecule has 0 aliphatic heterocycles. The second-order valence-electron chi connectivity index (χ2n) is 10.4. The van der Waals surface area contributed by atoms with Crippen molar-refractivity contribution in [3.8, 4) is 5.69 Å². The Hall–Kier alpha value is -3.30. The number of rotatable bonds is 7. The van der Waals surface area contributed by atoms with Crippen LogP contribution in [0.15, 0.2) is 30.5 Å². The Balaban J connectivity index is 1.90. The molecule has 0 radical (unpaired) electrons. The molecule has 190 valence electrons. The number of hydrogen-bond donors (Lipinski definition) is 2. The summed E-state index contributed by atoms with van der Waals surface area (Å²) in [4.78, 5) is 12.0. The van der Waals surface area contributed by atoms with E-state index in [-0.39, 0.29) is 30.1 Å². The lowest BCUT2D eigenvalue weighted by Crippen LogP contribution is -2.51. The Morgan fingerprint density at radius 1 is 1.28 bits per heavy atom. The van der Waals surface area contributed by atoms with Crippen LogP contribution >= 0.6 is 0 Å². The van der Waals surface area contributed by atoms with Crippen LogP contribution in [0.4, 0.5) is 8.78 Å². The van der Waals surface area contributed by atoms with E-state index in [0.29, 0.717) is 34.1 Å². The van der Waals surface area contributed by atoms with E-state index >= 15 is 4.39 Å². The second kappa shape index (κ2) is 8.38. The average molecular weight is 498 g/mol. The van der Waals surface area contributed by atoms with Gasteiger partial charge in [0.1, 0.15) is 11.3 Å². The molecule has 2 aromatic heterocycles. The molecule has 2 heterocycles. The smallest absolute Gasteiger partial charge is 0.335 e. The number of aromatic amines is 1. The zero-order valence-electron chi connectivity index (χ0n) is 20.9. The number of aryl methyl sites for hydroxylation is 1. The first kappa shape index (κ1) is 24.4. The molecule has 0 bridgehead atoms. The van der Waals surface area contributed by atoms with Crippen molar-refractivity contribution in [1.82, 2.24) is 14.8 Å². The van der Waals surface area contributed by atoms with Crippen LogP contribution in [0.5, 0.6) is 0 Å². The van der Waals surface area contributed by atoms with E-state index in [1.807, 2.05) is 24.5 Å². The lowest BCUT2D eigenvalue weighted by atomic mass is 9.65. The topological polar surface area (TPSA) is 89.4 Å². The molecule has 4 aromatic rings. The Morgan fingerprint density at radius 3 is 2.61 bits per heavy atom. The summed E-state index contributed by atoms with van der Waals surface area (Å²) < 4.78 is 43.4. The number of aromatic nitrogens is 3. The van der Waals surface area contributed by atoms with Gasteiger partial charge in [0.15, 0.2) is 11.4 Å². The van der Waals surface area contributed by atoms with Crippen molar-refractivity contribution in [2.24, 2.45) is 0 Å². The van der Waals surface area contributed by atoms with Gasteiger partial charge >= 0.3 is 5.97 Å². The van der Waals surface area contributed by atoms with Crippen LogP contribution in [-0.4, -0.2) is 52.3 Å². The molecule has 1 saturated carbocycles. The third kappa shape index (κ3) is 3.44. The molecule has 0 saturated heterocycles. The van der Waals surface area contributed by atoms with E-state index in [1.54, 1.807) is 32.4 Å². The fourth-order valence-corrected chi connectivity index (χ4v) is 5.73. The minimum atomic E-state index is -1.32. The van der Waals surface area contributed by atoms with E-state index in [4.69, 9.17) is 9.47 Å². The highest BCUT2D eigenvalue weighted by molar-refractivity contribution is 6.00. The van der Waals surface area contributed by atoms with Crippen molar-refractivity contribution in [2.75, 3.05) is 20.8 Å². The largest absolute Gasteiger partial charge is 0.479 e. The number of fused-ring (bicyclic) bond motifs is 2. The number of carbonyl (C=O) groups is 1. The molecule has 0 amide bonds. The van der Waals surface area contributed by atoms with E-state index in [0.717, 1.165) is 11.3 Å². The van der Waals surface area contributed by atoms with Gasteiger partial charge in [0, 0.05) is 41.8 Å². The summed E-state index contributed by atoms with van der Waals surface area (Å²) in [7, 11) is 3.00. The number of hydrogen-bond acceptors (Lipinski definition) is 4. The zero-order valence-corrected chi connectivity index (χ0v) is 20.9. The third-order valence-corrected chi connectivity index (χ3v) is 7.53. The van der Waals surface area contributed by atoms with Gasteiger partial charge in [-0.3, -0.25) is 5.10 Å². The van der Waals surface area contributed by atoms with Crippen LogP contribution in [0, 0.1) is 18.6 Å². The molecule has 1 fully saturated rings. The number of carboxylic acids is 1. The number of carboxylic acid groups (broad SMARTS) is 1. The number of H-pyrrole nitrogens is 1. The van der Waals surface area contributed by atoms with E-state index in [2.05, 4.69) is 10.2 Å². The molecular formula is C27H29F2N3O4. The van der Waals surface area contributed by atoms with Gasteiger partial charge in [-0.15, -0.1) is 0 Å². The first-order chi connectivity index (χ1) is 17.0. The summed E-state index contributed by atoms with van der Waals surface area (Å²) in [5.74, 6) is -2.09. The Kier molecular flexibility index (Phi) is 5.68. The first-order valence-corrected chi connectivity index (χ1v) is 11.8. The van der Waals surface area contributed by atoms with Crippen molar-refractivity contribution in [3.63, 3.8) is 0 Å². The molecule has 1 aliphatic rings. The Morgan fingerprint density at radius 2 is 2.00 bits per heavy atom. The fraction of sp³-hybridized carbons (Fsp3) is 0.407. The number of methoxy groups -OCH3 is 2. The highest BCUT2D eigenvalue weighted by Gasteiger charge is 2.54. The number of nitrogens with zero attached hydrogens (tertiary/aromatic N) is 2. The van der Waals surface area contributed by atoms with Crippen molar-refractivity contribution >= 4 is 27.8 Å². The minimum absolute atomic E-state index is 0.205. The van der Waals surface area contributed by atoms with Gasteiger partial charge in [-0.05, 0) is 61.1 Å². The van der Waals surface area contributed by atoms with Gasteiger partial charge in [-0.1, -0.05) is 13.8 Å². The van der Waals surface area contributed by atoms with Gasteiger partial charge in [-0.2, -0.15) is 5.10 Å². The van der Waals surface area contributed by atoms with Crippen LogP contribution in [0.1, 0.15) is 49.4 Å². The molecular weight excluding hydrogens is 468 g/mol. The molecule has 0 unspecified atom stereocenters. The normalized spacial score (nSPS) is 20.2. The maximum Gasteiger partial charge on any atom is 0.335 e. The van der Waals surface area contributed by atoms with Crippen molar-refractivity contribution < 1.29 is 28.2 Å². The molecule has 36 heavy (non-hydrogen) atoms. The van der Waals surface area contributed by atoms with Gasteiger partial charge < -0.3 is 19.1 Å². The maximum atomic E-state index is 16.2. The molecule has 0 atom stereocenters. The number of aliphatic carboxylic acids is 1. The van der Waals surface area contributed by atoms with Crippen LogP contribution < -0.4 is 0 Å².